The minimum absolute atomic E-state index is 0.0119. The third kappa shape index (κ3) is 6.89. The van der Waals surface area contributed by atoms with Gasteiger partial charge in [0.15, 0.2) is 18.2 Å². The summed E-state index contributed by atoms with van der Waals surface area (Å²) >= 11 is 0. The molecule has 1 atom stereocenters. The number of hydrogen-bond donors (Lipinski definition) is 1. The van der Waals surface area contributed by atoms with E-state index in [2.05, 4.69) is 5.32 Å². The van der Waals surface area contributed by atoms with Gasteiger partial charge in [0.2, 0.25) is 5.91 Å². The fraction of sp³-hybridized carbons (Fsp3) is 0.391. The first kappa shape index (κ1) is 22.4. The number of hydrogen-bond acceptors (Lipinski definition) is 3. The van der Waals surface area contributed by atoms with Gasteiger partial charge in [-0.2, -0.15) is 0 Å². The number of carbonyl (C=O) groups is 2. The molecule has 1 unspecified atom stereocenters. The molecule has 0 aromatic heterocycles. The molecule has 0 heterocycles. The van der Waals surface area contributed by atoms with Crippen LogP contribution in [0.4, 0.5) is 4.39 Å². The lowest BCUT2D eigenvalue weighted by Gasteiger charge is -2.30. The summed E-state index contributed by atoms with van der Waals surface area (Å²) in [6.45, 7) is 6.35. The van der Waals surface area contributed by atoms with E-state index in [1.54, 1.807) is 12.1 Å². The van der Waals surface area contributed by atoms with Gasteiger partial charge in [0.25, 0.3) is 5.91 Å². The normalized spacial score (nSPS) is 11.8. The van der Waals surface area contributed by atoms with Crippen molar-refractivity contribution in [2.24, 2.45) is 5.92 Å². The number of ether oxygens (including phenoxy) is 1. The van der Waals surface area contributed by atoms with Crippen LogP contribution >= 0.6 is 0 Å². The van der Waals surface area contributed by atoms with Crippen LogP contribution in [0.2, 0.25) is 0 Å². The van der Waals surface area contributed by atoms with Crippen LogP contribution in [0.25, 0.3) is 0 Å². The minimum Gasteiger partial charge on any atom is -0.481 e. The third-order valence-corrected chi connectivity index (χ3v) is 4.45. The molecular weight excluding hydrogens is 371 g/mol. The summed E-state index contributed by atoms with van der Waals surface area (Å²) in [5, 5.41) is 2.90. The fourth-order valence-corrected chi connectivity index (χ4v) is 2.91. The number of para-hydroxylation sites is 1. The van der Waals surface area contributed by atoms with Crippen molar-refractivity contribution in [1.29, 1.82) is 0 Å². The summed E-state index contributed by atoms with van der Waals surface area (Å²) in [4.78, 5) is 27.2. The van der Waals surface area contributed by atoms with Crippen molar-refractivity contribution in [2.45, 2.75) is 39.8 Å². The van der Waals surface area contributed by atoms with Crippen LogP contribution in [-0.4, -0.2) is 35.9 Å². The van der Waals surface area contributed by atoms with Crippen LogP contribution in [0.1, 0.15) is 32.8 Å². The van der Waals surface area contributed by atoms with Crippen LogP contribution in [0.5, 0.6) is 5.75 Å². The van der Waals surface area contributed by atoms with Gasteiger partial charge in [0.05, 0.1) is 0 Å². The standard InChI is InChI=1S/C23H29FN2O3/c1-4-20(23(28)25-14-17(2)3)26(15-18-10-6-5-7-11-18)22(27)16-29-21-13-9-8-12-19(21)24/h5-13,17,20H,4,14-16H2,1-3H3,(H,25,28). The lowest BCUT2D eigenvalue weighted by molar-refractivity contribution is -0.143. The average molecular weight is 400 g/mol. The van der Waals surface area contributed by atoms with Gasteiger partial charge in [-0.05, 0) is 30.0 Å². The zero-order valence-electron chi connectivity index (χ0n) is 17.2. The van der Waals surface area contributed by atoms with Crippen LogP contribution < -0.4 is 10.1 Å². The summed E-state index contributed by atoms with van der Waals surface area (Å²) in [7, 11) is 0. The summed E-state index contributed by atoms with van der Waals surface area (Å²) in [5.74, 6) is -0.784. The average Bonchev–Trinajstić information content (AvgIpc) is 2.72. The highest BCUT2D eigenvalue weighted by Crippen LogP contribution is 2.17. The Morgan fingerprint density at radius 3 is 2.34 bits per heavy atom. The smallest absolute Gasteiger partial charge is 0.261 e. The second-order valence-corrected chi connectivity index (χ2v) is 7.29. The largest absolute Gasteiger partial charge is 0.481 e. The molecule has 0 aliphatic rings. The van der Waals surface area contributed by atoms with Gasteiger partial charge in [0.1, 0.15) is 6.04 Å². The van der Waals surface area contributed by atoms with Gasteiger partial charge < -0.3 is 15.0 Å². The molecule has 0 spiro atoms. The van der Waals surface area contributed by atoms with Crippen molar-refractivity contribution in [3.8, 4) is 5.75 Å². The van der Waals surface area contributed by atoms with Crippen LogP contribution in [0, 0.1) is 11.7 Å². The van der Waals surface area contributed by atoms with E-state index in [9.17, 15) is 14.0 Å². The van der Waals surface area contributed by atoms with Crippen LogP contribution in [0.3, 0.4) is 0 Å². The molecule has 2 aromatic rings. The summed E-state index contributed by atoms with van der Waals surface area (Å²) in [6, 6.07) is 14.8. The Labute approximate surface area is 171 Å². The molecule has 2 amide bonds. The van der Waals surface area contributed by atoms with Gasteiger partial charge in [-0.25, -0.2) is 4.39 Å². The number of nitrogens with one attached hydrogen (secondary N) is 1. The number of benzene rings is 2. The highest BCUT2D eigenvalue weighted by Gasteiger charge is 2.29. The lowest BCUT2D eigenvalue weighted by atomic mass is 10.1. The van der Waals surface area contributed by atoms with E-state index < -0.39 is 11.9 Å². The number of carbonyl (C=O) groups excluding carboxylic acids is 2. The highest BCUT2D eigenvalue weighted by atomic mass is 19.1. The molecule has 156 valence electrons. The molecule has 0 saturated heterocycles. The predicted molar refractivity (Wildman–Crippen MR) is 111 cm³/mol. The topological polar surface area (TPSA) is 58.6 Å². The van der Waals surface area contributed by atoms with E-state index in [0.717, 1.165) is 5.56 Å². The quantitative estimate of drug-likeness (QED) is 0.660. The van der Waals surface area contributed by atoms with Gasteiger partial charge >= 0.3 is 0 Å². The SMILES string of the molecule is CCC(C(=O)NCC(C)C)N(Cc1ccccc1)C(=O)COc1ccccc1F. The fourth-order valence-electron chi connectivity index (χ4n) is 2.91. The molecule has 5 nitrogen and oxygen atoms in total. The zero-order valence-corrected chi connectivity index (χ0v) is 17.2. The Morgan fingerprint density at radius 1 is 1.07 bits per heavy atom. The van der Waals surface area contributed by atoms with Crippen molar-refractivity contribution in [3.63, 3.8) is 0 Å². The van der Waals surface area contributed by atoms with Crippen LogP contribution in [-0.2, 0) is 16.1 Å². The van der Waals surface area contributed by atoms with Gasteiger partial charge in [-0.15, -0.1) is 0 Å². The molecular formula is C23H29FN2O3. The van der Waals surface area contributed by atoms with E-state index in [-0.39, 0.29) is 30.7 Å². The first-order valence-corrected chi connectivity index (χ1v) is 9.90. The van der Waals surface area contributed by atoms with E-state index >= 15 is 0 Å². The Balaban J connectivity index is 2.17. The number of rotatable bonds is 10. The van der Waals surface area contributed by atoms with E-state index in [0.29, 0.717) is 18.9 Å². The number of amides is 2. The summed E-state index contributed by atoms with van der Waals surface area (Å²) in [5.41, 5.74) is 0.904. The molecule has 0 fully saturated rings. The molecule has 2 aromatic carbocycles. The Hall–Kier alpha value is -2.89. The monoisotopic (exact) mass is 400 g/mol. The first-order chi connectivity index (χ1) is 13.9. The second kappa shape index (κ2) is 11.2. The molecule has 0 aliphatic heterocycles. The summed E-state index contributed by atoms with van der Waals surface area (Å²) < 4.78 is 19.2. The third-order valence-electron chi connectivity index (χ3n) is 4.45. The maximum Gasteiger partial charge on any atom is 0.261 e. The van der Waals surface area contributed by atoms with E-state index in [1.807, 2.05) is 51.1 Å². The molecule has 0 radical (unpaired) electrons. The molecule has 29 heavy (non-hydrogen) atoms. The second-order valence-electron chi connectivity index (χ2n) is 7.29. The first-order valence-electron chi connectivity index (χ1n) is 9.90. The Bertz CT molecular complexity index is 796. The van der Waals surface area contributed by atoms with Crippen molar-refractivity contribution < 1.29 is 18.7 Å². The Kier molecular flexibility index (Phi) is 8.65. The molecule has 6 heteroatoms. The molecule has 0 bridgehead atoms. The van der Waals surface area contributed by atoms with Gasteiger partial charge in [-0.1, -0.05) is 63.2 Å². The molecule has 2 rings (SSSR count). The zero-order chi connectivity index (χ0) is 21.2. The molecule has 0 saturated carbocycles. The highest BCUT2D eigenvalue weighted by molar-refractivity contribution is 5.88. The number of nitrogens with zero attached hydrogens (tertiary/aromatic N) is 1. The molecule has 1 N–H and O–H groups in total. The number of halogens is 1. The molecule has 0 aliphatic carbocycles. The summed E-state index contributed by atoms with van der Waals surface area (Å²) in [6.07, 6.45) is 0.461. The van der Waals surface area contributed by atoms with E-state index in [1.165, 1.54) is 17.0 Å². The Morgan fingerprint density at radius 2 is 1.72 bits per heavy atom. The minimum atomic E-state index is -0.634. The van der Waals surface area contributed by atoms with Crippen molar-refractivity contribution >= 4 is 11.8 Å². The maximum atomic E-state index is 13.8. The maximum absolute atomic E-state index is 13.8. The van der Waals surface area contributed by atoms with Crippen molar-refractivity contribution in [1.82, 2.24) is 10.2 Å². The van der Waals surface area contributed by atoms with Crippen LogP contribution in [0.15, 0.2) is 54.6 Å². The predicted octanol–water partition coefficient (Wildman–Crippen LogP) is 3.78. The van der Waals surface area contributed by atoms with Crippen molar-refractivity contribution in [3.05, 3.63) is 66.0 Å². The lowest BCUT2D eigenvalue weighted by Crippen LogP contribution is -2.50. The van der Waals surface area contributed by atoms with E-state index in [4.69, 9.17) is 4.74 Å². The van der Waals surface area contributed by atoms with Gasteiger partial charge in [0, 0.05) is 13.1 Å². The van der Waals surface area contributed by atoms with Gasteiger partial charge in [-0.3, -0.25) is 9.59 Å². The van der Waals surface area contributed by atoms with Crippen molar-refractivity contribution in [2.75, 3.05) is 13.2 Å².